The Morgan fingerprint density at radius 2 is 2.20 bits per heavy atom. The summed E-state index contributed by atoms with van der Waals surface area (Å²) in [4.78, 5) is 34.5. The first-order chi connectivity index (χ1) is 9.49. The first-order valence-electron chi connectivity index (χ1n) is 5.87. The highest BCUT2D eigenvalue weighted by atomic mass is 16.6. The Hall–Kier alpha value is -2.48. The number of carboxylic acids is 1. The number of carboxylic acid groups (broad SMARTS) is 1. The fraction of sp³-hybridized carbons (Fsp3) is 0.333. The lowest BCUT2D eigenvalue weighted by Gasteiger charge is -2.30. The largest absolute Gasteiger partial charge is 0.479 e. The second-order valence-electron chi connectivity index (χ2n) is 4.26. The molecule has 1 atom stereocenters. The molecule has 1 aliphatic rings. The zero-order valence-electron chi connectivity index (χ0n) is 10.4. The van der Waals surface area contributed by atoms with E-state index in [9.17, 15) is 19.7 Å². The van der Waals surface area contributed by atoms with Gasteiger partial charge < -0.3 is 14.7 Å². The molecular formula is C12H12N2O6. The molecule has 1 aromatic carbocycles. The van der Waals surface area contributed by atoms with Gasteiger partial charge >= 0.3 is 5.97 Å². The Morgan fingerprint density at radius 3 is 2.85 bits per heavy atom. The first-order valence-corrected chi connectivity index (χ1v) is 5.87. The van der Waals surface area contributed by atoms with Gasteiger partial charge in [0.15, 0.2) is 6.10 Å². The Morgan fingerprint density at radius 1 is 1.45 bits per heavy atom. The number of nitrogens with zero attached hydrogens (tertiary/aromatic N) is 2. The molecule has 1 aliphatic heterocycles. The minimum atomic E-state index is -1.14. The summed E-state index contributed by atoms with van der Waals surface area (Å²) in [7, 11) is 0. The molecule has 1 aromatic rings. The molecule has 0 saturated carbocycles. The van der Waals surface area contributed by atoms with E-state index in [1.165, 1.54) is 29.2 Å². The van der Waals surface area contributed by atoms with Gasteiger partial charge in [0, 0.05) is 24.2 Å². The van der Waals surface area contributed by atoms with Crippen LogP contribution in [-0.4, -0.2) is 52.6 Å². The summed E-state index contributed by atoms with van der Waals surface area (Å²) in [5, 5.41) is 19.5. The number of hydrogen-bond acceptors (Lipinski definition) is 5. The van der Waals surface area contributed by atoms with Crippen molar-refractivity contribution in [3.63, 3.8) is 0 Å². The lowest BCUT2D eigenvalue weighted by atomic mass is 10.1. The van der Waals surface area contributed by atoms with E-state index >= 15 is 0 Å². The van der Waals surface area contributed by atoms with Crippen molar-refractivity contribution in [3.05, 3.63) is 39.9 Å². The van der Waals surface area contributed by atoms with E-state index in [0.717, 1.165) is 0 Å². The molecule has 1 unspecified atom stereocenters. The summed E-state index contributed by atoms with van der Waals surface area (Å²) in [6.07, 6.45) is -1.06. The zero-order chi connectivity index (χ0) is 14.7. The van der Waals surface area contributed by atoms with Crippen molar-refractivity contribution in [3.8, 4) is 0 Å². The molecule has 2 rings (SSSR count). The third kappa shape index (κ3) is 2.91. The number of morpholine rings is 1. The highest BCUT2D eigenvalue weighted by Gasteiger charge is 2.29. The van der Waals surface area contributed by atoms with Crippen molar-refractivity contribution in [2.45, 2.75) is 6.10 Å². The van der Waals surface area contributed by atoms with Gasteiger partial charge in [-0.05, 0) is 6.07 Å². The topological polar surface area (TPSA) is 110 Å². The molecule has 8 heteroatoms. The summed E-state index contributed by atoms with van der Waals surface area (Å²) in [5.74, 6) is -1.58. The standard InChI is InChI=1S/C12H12N2O6/c15-11(8-2-1-3-9(6-8)14(18)19)13-4-5-20-10(7-13)12(16)17/h1-3,6,10H,4-5,7H2,(H,16,17). The summed E-state index contributed by atoms with van der Waals surface area (Å²) in [5.41, 5.74) is -0.0240. The number of amides is 1. The van der Waals surface area contributed by atoms with Crippen LogP contribution in [0.15, 0.2) is 24.3 Å². The molecule has 0 spiro atoms. The van der Waals surface area contributed by atoms with Gasteiger partial charge in [-0.1, -0.05) is 6.07 Å². The average Bonchev–Trinajstić information content (AvgIpc) is 2.46. The van der Waals surface area contributed by atoms with Crippen LogP contribution in [-0.2, 0) is 9.53 Å². The lowest BCUT2D eigenvalue weighted by Crippen LogP contribution is -2.48. The fourth-order valence-electron chi connectivity index (χ4n) is 1.92. The van der Waals surface area contributed by atoms with Crippen molar-refractivity contribution < 1.29 is 24.4 Å². The Kier molecular flexibility index (Phi) is 3.94. The van der Waals surface area contributed by atoms with Gasteiger partial charge in [-0.25, -0.2) is 4.79 Å². The van der Waals surface area contributed by atoms with Crippen LogP contribution >= 0.6 is 0 Å². The number of carbonyl (C=O) groups excluding carboxylic acids is 1. The number of carbonyl (C=O) groups is 2. The minimum Gasteiger partial charge on any atom is -0.479 e. The molecule has 0 aromatic heterocycles. The molecule has 0 radical (unpaired) electrons. The van der Waals surface area contributed by atoms with Gasteiger partial charge in [0.2, 0.25) is 0 Å². The molecule has 1 amide bonds. The molecule has 0 aliphatic carbocycles. The SMILES string of the molecule is O=C(O)C1CN(C(=O)c2cccc([N+](=O)[O-])c2)CCO1. The summed E-state index contributed by atoms with van der Waals surface area (Å²) >= 11 is 0. The highest BCUT2D eigenvalue weighted by Crippen LogP contribution is 2.16. The van der Waals surface area contributed by atoms with Crippen LogP contribution in [0, 0.1) is 10.1 Å². The molecule has 1 heterocycles. The number of rotatable bonds is 3. The quantitative estimate of drug-likeness (QED) is 0.638. The normalized spacial score (nSPS) is 18.6. The monoisotopic (exact) mass is 280 g/mol. The predicted molar refractivity (Wildman–Crippen MR) is 66.4 cm³/mol. The zero-order valence-corrected chi connectivity index (χ0v) is 10.4. The van der Waals surface area contributed by atoms with Gasteiger partial charge in [-0.15, -0.1) is 0 Å². The Bertz CT molecular complexity index is 559. The third-order valence-electron chi connectivity index (χ3n) is 2.93. The molecule has 1 saturated heterocycles. The average molecular weight is 280 g/mol. The van der Waals surface area contributed by atoms with E-state index in [4.69, 9.17) is 9.84 Å². The predicted octanol–water partition coefficient (Wildman–Crippen LogP) is 0.520. The Labute approximate surface area is 113 Å². The van der Waals surface area contributed by atoms with E-state index in [1.807, 2.05) is 0 Å². The van der Waals surface area contributed by atoms with Crippen molar-refractivity contribution in [1.29, 1.82) is 0 Å². The van der Waals surface area contributed by atoms with Crippen LogP contribution in [0.5, 0.6) is 0 Å². The van der Waals surface area contributed by atoms with Gasteiger partial charge in [0.25, 0.3) is 11.6 Å². The number of nitro groups is 1. The number of non-ortho nitro benzene ring substituents is 1. The first kappa shape index (κ1) is 13.9. The second kappa shape index (κ2) is 5.66. The van der Waals surface area contributed by atoms with Crippen molar-refractivity contribution in [1.82, 2.24) is 4.90 Å². The van der Waals surface area contributed by atoms with Crippen molar-refractivity contribution >= 4 is 17.6 Å². The fourth-order valence-corrected chi connectivity index (χ4v) is 1.92. The maximum Gasteiger partial charge on any atom is 0.334 e. The molecule has 0 bridgehead atoms. The van der Waals surface area contributed by atoms with Crippen molar-refractivity contribution in [2.75, 3.05) is 19.7 Å². The molecule has 106 valence electrons. The lowest BCUT2D eigenvalue weighted by molar-refractivity contribution is -0.384. The van der Waals surface area contributed by atoms with Crippen LogP contribution < -0.4 is 0 Å². The molecular weight excluding hydrogens is 268 g/mol. The van der Waals surface area contributed by atoms with Crippen LogP contribution in [0.25, 0.3) is 0 Å². The van der Waals surface area contributed by atoms with Gasteiger partial charge in [-0.2, -0.15) is 0 Å². The smallest absolute Gasteiger partial charge is 0.334 e. The summed E-state index contributed by atoms with van der Waals surface area (Å²) in [6.45, 7) is 0.305. The molecule has 1 fully saturated rings. The van der Waals surface area contributed by atoms with E-state index in [1.54, 1.807) is 0 Å². The van der Waals surface area contributed by atoms with Crippen LogP contribution in [0.2, 0.25) is 0 Å². The third-order valence-corrected chi connectivity index (χ3v) is 2.93. The highest BCUT2D eigenvalue weighted by molar-refractivity contribution is 5.95. The van der Waals surface area contributed by atoms with Gasteiger partial charge in [-0.3, -0.25) is 14.9 Å². The van der Waals surface area contributed by atoms with Crippen LogP contribution in [0.3, 0.4) is 0 Å². The minimum absolute atomic E-state index is 0.0726. The van der Waals surface area contributed by atoms with E-state index in [0.29, 0.717) is 0 Å². The van der Waals surface area contributed by atoms with Gasteiger partial charge in [0.05, 0.1) is 18.1 Å². The number of hydrogen-bond donors (Lipinski definition) is 1. The van der Waals surface area contributed by atoms with Crippen LogP contribution in [0.1, 0.15) is 10.4 Å². The molecule has 20 heavy (non-hydrogen) atoms. The van der Waals surface area contributed by atoms with Crippen molar-refractivity contribution in [2.24, 2.45) is 0 Å². The van der Waals surface area contributed by atoms with E-state index < -0.39 is 22.9 Å². The molecule has 1 N–H and O–H groups in total. The summed E-state index contributed by atoms with van der Waals surface area (Å²) < 4.78 is 5.02. The maximum atomic E-state index is 12.2. The number of nitro benzene ring substituents is 1. The van der Waals surface area contributed by atoms with Crippen LogP contribution in [0.4, 0.5) is 5.69 Å². The van der Waals surface area contributed by atoms with E-state index in [-0.39, 0.29) is 30.9 Å². The Balaban J connectivity index is 2.16. The molecule has 8 nitrogen and oxygen atoms in total. The number of ether oxygens (including phenoxy) is 1. The van der Waals surface area contributed by atoms with E-state index in [2.05, 4.69) is 0 Å². The maximum absolute atomic E-state index is 12.2. The number of benzene rings is 1. The second-order valence-corrected chi connectivity index (χ2v) is 4.26. The van der Waals surface area contributed by atoms with Gasteiger partial charge in [0.1, 0.15) is 0 Å². The number of aliphatic carboxylic acids is 1. The summed E-state index contributed by atoms with van der Waals surface area (Å²) in [6, 6.07) is 5.34.